The molecule has 1 aromatic rings. The van der Waals surface area contributed by atoms with Gasteiger partial charge in [0.2, 0.25) is 0 Å². The maximum atomic E-state index is 4.60. The van der Waals surface area contributed by atoms with Gasteiger partial charge < -0.3 is 10.6 Å². The Morgan fingerprint density at radius 3 is 2.26 bits per heavy atom. The van der Waals surface area contributed by atoms with Crippen molar-refractivity contribution >= 4 is 11.6 Å². The molecule has 0 aromatic carbocycles. The molecule has 4 heteroatoms. The molecule has 2 bridgehead atoms. The minimum absolute atomic E-state index is 0.684. The summed E-state index contributed by atoms with van der Waals surface area (Å²) in [7, 11) is 1.92. The first-order chi connectivity index (χ1) is 9.19. The van der Waals surface area contributed by atoms with Gasteiger partial charge in [0.05, 0.1) is 0 Å². The normalized spacial score (nSPS) is 38.2. The van der Waals surface area contributed by atoms with Crippen molar-refractivity contribution in [3.63, 3.8) is 0 Å². The maximum Gasteiger partial charge on any atom is 0.134 e. The van der Waals surface area contributed by atoms with Crippen molar-refractivity contribution in [3.8, 4) is 0 Å². The predicted octanol–water partition coefficient (Wildman–Crippen LogP) is 2.59. The van der Waals surface area contributed by atoms with Gasteiger partial charge in [0.25, 0.3) is 0 Å². The Bertz CT molecular complexity index is 511. The van der Waals surface area contributed by atoms with E-state index in [4.69, 9.17) is 0 Å². The molecule has 0 aliphatic heterocycles. The van der Waals surface area contributed by atoms with Crippen molar-refractivity contribution in [3.05, 3.63) is 11.4 Å². The number of nitrogens with one attached hydrogen (secondary N) is 2. The first-order valence-electron chi connectivity index (χ1n) is 7.48. The number of hydrogen-bond donors (Lipinski definition) is 2. The Morgan fingerprint density at radius 2 is 1.63 bits per heavy atom. The smallest absolute Gasteiger partial charge is 0.134 e. The van der Waals surface area contributed by atoms with E-state index in [1.165, 1.54) is 19.3 Å². The van der Waals surface area contributed by atoms with Gasteiger partial charge in [-0.05, 0) is 56.8 Å². The number of aromatic nitrogens is 2. The number of anilines is 2. The third-order valence-corrected chi connectivity index (χ3v) is 5.53. The van der Waals surface area contributed by atoms with Gasteiger partial charge in [-0.15, -0.1) is 0 Å². The van der Waals surface area contributed by atoms with E-state index in [2.05, 4.69) is 27.5 Å². The SMILES string of the molecule is CNc1nc(C)nc(NC2C3C4CCC(C4)C23)c1C. The van der Waals surface area contributed by atoms with Crippen molar-refractivity contribution in [1.29, 1.82) is 0 Å². The van der Waals surface area contributed by atoms with Crippen LogP contribution < -0.4 is 10.6 Å². The van der Waals surface area contributed by atoms with Crippen LogP contribution in [0.2, 0.25) is 0 Å². The van der Waals surface area contributed by atoms with Gasteiger partial charge in [0.1, 0.15) is 17.5 Å². The van der Waals surface area contributed by atoms with E-state index >= 15 is 0 Å². The molecule has 0 amide bonds. The van der Waals surface area contributed by atoms with Crippen molar-refractivity contribution in [2.75, 3.05) is 17.7 Å². The molecule has 4 atom stereocenters. The summed E-state index contributed by atoms with van der Waals surface area (Å²) >= 11 is 0. The summed E-state index contributed by atoms with van der Waals surface area (Å²) < 4.78 is 0. The zero-order valence-corrected chi connectivity index (χ0v) is 11.9. The first kappa shape index (κ1) is 11.5. The standard InChI is InChI=1S/C15H22N4/c1-7-14(16-3)17-8(2)18-15(7)19-13-11-9-4-5-10(6-9)12(11)13/h9-13H,4-6H2,1-3H3,(H2,16,17,18,19). The zero-order valence-electron chi connectivity index (χ0n) is 11.9. The summed E-state index contributed by atoms with van der Waals surface area (Å²) in [5.74, 6) is 6.70. The third kappa shape index (κ3) is 1.58. The number of nitrogens with zero attached hydrogens (tertiary/aromatic N) is 2. The molecule has 4 rings (SSSR count). The summed E-state index contributed by atoms with van der Waals surface area (Å²) in [5, 5.41) is 6.87. The number of rotatable bonds is 3. The van der Waals surface area contributed by atoms with Gasteiger partial charge in [-0.3, -0.25) is 0 Å². The number of aryl methyl sites for hydroxylation is 1. The average molecular weight is 258 g/mol. The molecular formula is C15H22N4. The number of hydrogen-bond acceptors (Lipinski definition) is 4. The second-order valence-electron chi connectivity index (χ2n) is 6.50. The lowest BCUT2D eigenvalue weighted by Gasteiger charge is -2.15. The van der Waals surface area contributed by atoms with Crippen molar-refractivity contribution in [1.82, 2.24) is 9.97 Å². The van der Waals surface area contributed by atoms with Gasteiger partial charge in [0, 0.05) is 18.7 Å². The van der Waals surface area contributed by atoms with Crippen molar-refractivity contribution < 1.29 is 0 Å². The van der Waals surface area contributed by atoms with Crippen molar-refractivity contribution in [2.24, 2.45) is 23.7 Å². The van der Waals surface area contributed by atoms with E-state index in [0.29, 0.717) is 6.04 Å². The summed E-state index contributed by atoms with van der Waals surface area (Å²) in [4.78, 5) is 9.03. The van der Waals surface area contributed by atoms with Gasteiger partial charge in [-0.25, -0.2) is 9.97 Å². The van der Waals surface area contributed by atoms with Gasteiger partial charge in [0.15, 0.2) is 0 Å². The number of fused-ring (bicyclic) bond motifs is 5. The maximum absolute atomic E-state index is 4.60. The molecule has 2 N–H and O–H groups in total. The van der Waals surface area contributed by atoms with Crippen LogP contribution in [-0.2, 0) is 0 Å². The van der Waals surface area contributed by atoms with E-state index in [9.17, 15) is 0 Å². The minimum atomic E-state index is 0.684. The highest BCUT2D eigenvalue weighted by Crippen LogP contribution is 2.66. The van der Waals surface area contributed by atoms with Crippen LogP contribution in [0.4, 0.5) is 11.6 Å². The topological polar surface area (TPSA) is 49.8 Å². The van der Waals surface area contributed by atoms with Crippen LogP contribution in [0, 0.1) is 37.5 Å². The van der Waals surface area contributed by atoms with Gasteiger partial charge in [-0.1, -0.05) is 0 Å². The summed E-state index contributed by atoms with van der Waals surface area (Å²) in [6, 6.07) is 0.684. The third-order valence-electron chi connectivity index (χ3n) is 5.53. The fraction of sp³-hybridized carbons (Fsp3) is 0.733. The fourth-order valence-corrected chi connectivity index (χ4v) is 4.69. The van der Waals surface area contributed by atoms with Crippen LogP contribution in [0.5, 0.6) is 0 Å². The highest BCUT2D eigenvalue weighted by Gasteiger charge is 2.65. The Hall–Kier alpha value is -1.32. The molecule has 4 unspecified atom stereocenters. The quantitative estimate of drug-likeness (QED) is 0.875. The Kier molecular flexibility index (Phi) is 2.32. The van der Waals surface area contributed by atoms with Crippen LogP contribution >= 0.6 is 0 Å². The van der Waals surface area contributed by atoms with E-state index in [0.717, 1.165) is 46.7 Å². The predicted molar refractivity (Wildman–Crippen MR) is 76.3 cm³/mol. The molecule has 0 saturated heterocycles. The Balaban J connectivity index is 1.57. The molecule has 3 aliphatic carbocycles. The van der Waals surface area contributed by atoms with Gasteiger partial charge >= 0.3 is 0 Å². The summed E-state index contributed by atoms with van der Waals surface area (Å²) in [6.45, 7) is 4.06. The highest BCUT2D eigenvalue weighted by molar-refractivity contribution is 5.58. The van der Waals surface area contributed by atoms with Crippen LogP contribution in [-0.4, -0.2) is 23.1 Å². The van der Waals surface area contributed by atoms with Gasteiger partial charge in [-0.2, -0.15) is 0 Å². The molecule has 1 aromatic heterocycles. The second-order valence-corrected chi connectivity index (χ2v) is 6.50. The molecule has 3 aliphatic rings. The Morgan fingerprint density at radius 1 is 1.00 bits per heavy atom. The van der Waals surface area contributed by atoms with E-state index < -0.39 is 0 Å². The lowest BCUT2D eigenvalue weighted by Crippen LogP contribution is -2.16. The second kappa shape index (κ2) is 3.84. The van der Waals surface area contributed by atoms with E-state index in [1.54, 1.807) is 0 Å². The molecule has 19 heavy (non-hydrogen) atoms. The molecule has 3 fully saturated rings. The molecular weight excluding hydrogens is 236 g/mol. The van der Waals surface area contributed by atoms with Crippen LogP contribution in [0.1, 0.15) is 30.7 Å². The van der Waals surface area contributed by atoms with E-state index in [-0.39, 0.29) is 0 Å². The van der Waals surface area contributed by atoms with Crippen LogP contribution in [0.3, 0.4) is 0 Å². The van der Waals surface area contributed by atoms with Crippen LogP contribution in [0.15, 0.2) is 0 Å². The molecule has 4 nitrogen and oxygen atoms in total. The molecule has 1 heterocycles. The summed E-state index contributed by atoms with van der Waals surface area (Å²) in [5.41, 5.74) is 1.14. The highest BCUT2D eigenvalue weighted by atomic mass is 15.1. The summed E-state index contributed by atoms with van der Waals surface area (Å²) in [6.07, 6.45) is 4.43. The zero-order chi connectivity index (χ0) is 13.1. The Labute approximate surface area is 114 Å². The van der Waals surface area contributed by atoms with E-state index in [1.807, 2.05) is 14.0 Å². The average Bonchev–Trinajstić information content (AvgIpc) is 2.81. The first-order valence-corrected chi connectivity index (χ1v) is 7.48. The molecule has 0 radical (unpaired) electrons. The lowest BCUT2D eigenvalue weighted by atomic mass is 10.0. The monoisotopic (exact) mass is 258 g/mol. The lowest BCUT2D eigenvalue weighted by molar-refractivity contribution is 0.456. The minimum Gasteiger partial charge on any atom is -0.373 e. The largest absolute Gasteiger partial charge is 0.373 e. The van der Waals surface area contributed by atoms with Crippen molar-refractivity contribution in [2.45, 2.75) is 39.2 Å². The molecule has 0 spiro atoms. The fourth-order valence-electron chi connectivity index (χ4n) is 4.69. The molecule has 102 valence electrons. The molecule has 3 saturated carbocycles. The van der Waals surface area contributed by atoms with Crippen LogP contribution in [0.25, 0.3) is 0 Å².